The Morgan fingerprint density at radius 1 is 1.40 bits per heavy atom. The smallest absolute Gasteiger partial charge is 0.273 e. The van der Waals surface area contributed by atoms with E-state index >= 15 is 0 Å². The fraction of sp³-hybridized carbons (Fsp3) is 0.571. The number of anilines is 1. The lowest BCUT2D eigenvalue weighted by Gasteiger charge is -2.11. The van der Waals surface area contributed by atoms with Crippen LogP contribution in [0, 0.1) is 17.0 Å². The summed E-state index contributed by atoms with van der Waals surface area (Å²) < 4.78 is 6.18. The summed E-state index contributed by atoms with van der Waals surface area (Å²) in [7, 11) is 0. The number of ether oxygens (including phenoxy) is 1. The Kier molecular flexibility index (Phi) is 6.95. The third-order valence-corrected chi connectivity index (χ3v) is 3.48. The fourth-order valence-electron chi connectivity index (χ4n) is 1.77. The molecule has 1 N–H and O–H groups in total. The Hall–Kier alpha value is -1.14. The maximum atomic E-state index is 10.8. The zero-order valence-corrected chi connectivity index (χ0v) is 13.7. The summed E-state index contributed by atoms with van der Waals surface area (Å²) in [6.07, 6.45) is 2.26. The molecular formula is C14H21BrN2O3. The first-order valence-corrected chi connectivity index (χ1v) is 7.51. The number of unbranched alkanes of at least 4 members (excludes halogenated alkanes) is 1. The molecule has 5 nitrogen and oxygen atoms in total. The highest BCUT2D eigenvalue weighted by Gasteiger charge is 2.13. The number of rotatable bonds is 8. The minimum atomic E-state index is -0.368. The van der Waals surface area contributed by atoms with Crippen molar-refractivity contribution in [2.24, 2.45) is 0 Å². The summed E-state index contributed by atoms with van der Waals surface area (Å²) in [5.41, 5.74) is 1.68. The quantitative estimate of drug-likeness (QED) is 0.434. The number of nitrogens with one attached hydrogen (secondary N) is 1. The third-order valence-electron chi connectivity index (χ3n) is 2.82. The summed E-state index contributed by atoms with van der Waals surface area (Å²) in [5.74, 6) is 0. The topological polar surface area (TPSA) is 64.4 Å². The summed E-state index contributed by atoms with van der Waals surface area (Å²) in [6.45, 7) is 7.37. The predicted octanol–water partition coefficient (Wildman–Crippen LogP) is 4.28. The zero-order valence-electron chi connectivity index (χ0n) is 12.1. The molecule has 0 saturated carbocycles. The lowest BCUT2D eigenvalue weighted by atomic mass is 10.2. The molecule has 0 fully saturated rings. The Morgan fingerprint density at radius 3 is 2.70 bits per heavy atom. The van der Waals surface area contributed by atoms with Crippen LogP contribution in [0.3, 0.4) is 0 Å². The second kappa shape index (κ2) is 8.21. The van der Waals surface area contributed by atoms with Gasteiger partial charge in [0, 0.05) is 34.9 Å². The molecule has 1 aromatic rings. The van der Waals surface area contributed by atoms with Crippen LogP contribution < -0.4 is 5.32 Å². The lowest BCUT2D eigenvalue weighted by molar-refractivity contribution is -0.385. The maximum Gasteiger partial charge on any atom is 0.273 e. The largest absolute Gasteiger partial charge is 0.384 e. The summed E-state index contributed by atoms with van der Waals surface area (Å²) >= 11 is 3.36. The minimum Gasteiger partial charge on any atom is -0.384 e. The average molecular weight is 345 g/mol. The summed E-state index contributed by atoms with van der Waals surface area (Å²) in [5, 5.41) is 14.1. The Balaban J connectivity index is 2.45. The average Bonchev–Trinajstić information content (AvgIpc) is 2.36. The first-order chi connectivity index (χ1) is 9.41. The van der Waals surface area contributed by atoms with Crippen LogP contribution in [0.4, 0.5) is 11.4 Å². The molecule has 0 radical (unpaired) electrons. The molecule has 0 spiro atoms. The van der Waals surface area contributed by atoms with Crippen molar-refractivity contribution >= 4 is 27.3 Å². The highest BCUT2D eigenvalue weighted by Crippen LogP contribution is 2.30. The SMILES string of the molecule is Cc1cc(NCCCCOC(C)C)c(Br)cc1[N+](=O)[O-]. The normalized spacial score (nSPS) is 10.8. The zero-order chi connectivity index (χ0) is 15.1. The van der Waals surface area contributed by atoms with E-state index in [0.29, 0.717) is 10.0 Å². The van der Waals surface area contributed by atoms with Crippen molar-refractivity contribution in [3.8, 4) is 0 Å². The molecule has 0 aliphatic rings. The van der Waals surface area contributed by atoms with Crippen LogP contribution in [0.1, 0.15) is 32.3 Å². The third kappa shape index (κ3) is 5.46. The van der Waals surface area contributed by atoms with Gasteiger partial charge in [-0.15, -0.1) is 0 Å². The number of nitro benzene ring substituents is 1. The molecule has 0 unspecified atom stereocenters. The molecule has 0 heterocycles. The Morgan fingerprint density at radius 2 is 2.10 bits per heavy atom. The molecule has 0 aliphatic carbocycles. The number of halogens is 1. The molecule has 0 atom stereocenters. The van der Waals surface area contributed by atoms with Crippen LogP contribution in [0.5, 0.6) is 0 Å². The summed E-state index contributed by atoms with van der Waals surface area (Å²) in [6, 6.07) is 3.34. The van der Waals surface area contributed by atoms with Crippen molar-refractivity contribution in [2.75, 3.05) is 18.5 Å². The van der Waals surface area contributed by atoms with Crippen molar-refractivity contribution in [1.29, 1.82) is 0 Å². The van der Waals surface area contributed by atoms with Gasteiger partial charge in [0.2, 0.25) is 0 Å². The van der Waals surface area contributed by atoms with E-state index in [4.69, 9.17) is 4.74 Å². The molecule has 0 saturated heterocycles. The highest BCUT2D eigenvalue weighted by atomic mass is 79.9. The first kappa shape index (κ1) is 16.9. The van der Waals surface area contributed by atoms with Gasteiger partial charge in [0.1, 0.15) is 0 Å². The molecule has 1 rings (SSSR count). The minimum absolute atomic E-state index is 0.132. The molecule has 0 bridgehead atoms. The van der Waals surface area contributed by atoms with Gasteiger partial charge >= 0.3 is 0 Å². The van der Waals surface area contributed by atoms with Crippen molar-refractivity contribution in [1.82, 2.24) is 0 Å². The van der Waals surface area contributed by atoms with Crippen LogP contribution in [0.15, 0.2) is 16.6 Å². The molecule has 1 aromatic carbocycles. The monoisotopic (exact) mass is 344 g/mol. The van der Waals surface area contributed by atoms with Crippen molar-refractivity contribution < 1.29 is 9.66 Å². The van der Waals surface area contributed by atoms with Gasteiger partial charge in [-0.3, -0.25) is 10.1 Å². The van der Waals surface area contributed by atoms with Gasteiger partial charge in [0.25, 0.3) is 5.69 Å². The number of aryl methyl sites for hydroxylation is 1. The number of nitrogens with zero attached hydrogens (tertiary/aromatic N) is 1. The van der Waals surface area contributed by atoms with Crippen LogP contribution in [-0.2, 0) is 4.74 Å². The number of hydrogen-bond donors (Lipinski definition) is 1. The van der Waals surface area contributed by atoms with Gasteiger partial charge in [-0.25, -0.2) is 0 Å². The molecule has 0 aliphatic heterocycles. The maximum absolute atomic E-state index is 10.8. The van der Waals surface area contributed by atoms with Gasteiger partial charge in [-0.05, 0) is 55.6 Å². The van der Waals surface area contributed by atoms with Crippen molar-refractivity contribution in [2.45, 2.75) is 39.7 Å². The van der Waals surface area contributed by atoms with Gasteiger partial charge < -0.3 is 10.1 Å². The molecule has 6 heteroatoms. The fourth-order valence-corrected chi connectivity index (χ4v) is 2.24. The van der Waals surface area contributed by atoms with E-state index in [1.165, 1.54) is 0 Å². The summed E-state index contributed by atoms with van der Waals surface area (Å²) in [4.78, 5) is 10.5. The number of hydrogen-bond acceptors (Lipinski definition) is 4. The molecule has 112 valence electrons. The van der Waals surface area contributed by atoms with Gasteiger partial charge in [-0.2, -0.15) is 0 Å². The highest BCUT2D eigenvalue weighted by molar-refractivity contribution is 9.10. The van der Waals surface area contributed by atoms with E-state index in [0.717, 1.165) is 31.7 Å². The Labute approximate surface area is 128 Å². The van der Waals surface area contributed by atoms with E-state index in [1.54, 1.807) is 19.1 Å². The van der Waals surface area contributed by atoms with E-state index in [9.17, 15) is 10.1 Å². The van der Waals surface area contributed by atoms with Crippen LogP contribution in [0.25, 0.3) is 0 Å². The second-order valence-corrected chi connectivity index (χ2v) is 5.78. The molecule has 20 heavy (non-hydrogen) atoms. The van der Waals surface area contributed by atoms with E-state index in [1.807, 2.05) is 13.8 Å². The lowest BCUT2D eigenvalue weighted by Crippen LogP contribution is -2.07. The van der Waals surface area contributed by atoms with Crippen LogP contribution >= 0.6 is 15.9 Å². The van der Waals surface area contributed by atoms with Gasteiger partial charge in [0.05, 0.1) is 11.0 Å². The van der Waals surface area contributed by atoms with Crippen molar-refractivity contribution in [3.05, 3.63) is 32.3 Å². The van der Waals surface area contributed by atoms with Crippen LogP contribution in [0.2, 0.25) is 0 Å². The van der Waals surface area contributed by atoms with E-state index in [2.05, 4.69) is 21.2 Å². The second-order valence-electron chi connectivity index (χ2n) is 4.93. The molecule has 0 aromatic heterocycles. The van der Waals surface area contributed by atoms with Crippen molar-refractivity contribution in [3.63, 3.8) is 0 Å². The Bertz CT molecular complexity index is 464. The predicted molar refractivity (Wildman–Crippen MR) is 84.3 cm³/mol. The number of nitro groups is 1. The standard InChI is InChI=1S/C14H21BrN2O3/c1-10(2)20-7-5-4-6-16-13-8-11(3)14(17(18)19)9-12(13)15/h8-10,16H,4-7H2,1-3H3. The first-order valence-electron chi connectivity index (χ1n) is 6.72. The van der Waals surface area contributed by atoms with E-state index < -0.39 is 0 Å². The van der Waals surface area contributed by atoms with Gasteiger partial charge in [0.15, 0.2) is 0 Å². The molecule has 0 amide bonds. The van der Waals surface area contributed by atoms with Crippen LogP contribution in [-0.4, -0.2) is 24.2 Å². The van der Waals surface area contributed by atoms with E-state index in [-0.39, 0.29) is 16.7 Å². The van der Waals surface area contributed by atoms with Gasteiger partial charge in [-0.1, -0.05) is 0 Å². The molecular weight excluding hydrogens is 324 g/mol. The number of benzene rings is 1.